The van der Waals surface area contributed by atoms with Crippen molar-refractivity contribution >= 4 is 45.0 Å². The minimum absolute atomic E-state index is 0.0162. The standard InChI is InChI=1S/C16H16ClNO5S2/c1-22-16(19)10-23-15-7-6-13(9-14(15)17)25(20,21)18-11-4-3-5-12(8-11)24-2/h3-9,18H,10H2,1-2H3. The van der Waals surface area contributed by atoms with Gasteiger partial charge in [-0.15, -0.1) is 11.8 Å². The number of sulfonamides is 1. The van der Waals surface area contributed by atoms with Crippen LogP contribution < -0.4 is 9.46 Å². The summed E-state index contributed by atoms with van der Waals surface area (Å²) in [7, 11) is -2.57. The predicted octanol–water partition coefficient (Wildman–Crippen LogP) is 3.41. The Morgan fingerprint density at radius 1 is 1.24 bits per heavy atom. The van der Waals surface area contributed by atoms with Gasteiger partial charge in [-0.2, -0.15) is 0 Å². The second kappa shape index (κ2) is 8.46. The molecule has 0 aliphatic carbocycles. The number of hydrogen-bond donors (Lipinski definition) is 1. The average Bonchev–Trinajstić information content (AvgIpc) is 2.60. The summed E-state index contributed by atoms with van der Waals surface area (Å²) >= 11 is 7.55. The zero-order valence-corrected chi connectivity index (χ0v) is 15.9. The number of methoxy groups -OCH3 is 1. The molecule has 9 heteroatoms. The van der Waals surface area contributed by atoms with E-state index in [1.54, 1.807) is 18.2 Å². The lowest BCUT2D eigenvalue weighted by Crippen LogP contribution is -2.14. The van der Waals surface area contributed by atoms with Gasteiger partial charge in [-0.1, -0.05) is 17.7 Å². The van der Waals surface area contributed by atoms with Crippen LogP contribution in [0.3, 0.4) is 0 Å². The molecule has 0 saturated carbocycles. The highest BCUT2D eigenvalue weighted by Gasteiger charge is 2.17. The van der Waals surface area contributed by atoms with Gasteiger partial charge in [0.05, 0.1) is 17.0 Å². The molecule has 0 atom stereocenters. The Hall–Kier alpha value is -1.90. The van der Waals surface area contributed by atoms with Crippen LogP contribution in [0, 0.1) is 0 Å². The van der Waals surface area contributed by atoms with E-state index in [9.17, 15) is 13.2 Å². The van der Waals surface area contributed by atoms with Crippen molar-refractivity contribution in [1.82, 2.24) is 0 Å². The molecular formula is C16H16ClNO5S2. The van der Waals surface area contributed by atoms with Gasteiger partial charge >= 0.3 is 5.97 Å². The van der Waals surface area contributed by atoms with Gasteiger partial charge in [0.25, 0.3) is 10.0 Å². The summed E-state index contributed by atoms with van der Waals surface area (Å²) in [5.41, 5.74) is 0.453. The molecule has 1 N–H and O–H groups in total. The Morgan fingerprint density at radius 3 is 2.64 bits per heavy atom. The maximum atomic E-state index is 12.5. The fourth-order valence-corrected chi connectivity index (χ4v) is 3.70. The van der Waals surface area contributed by atoms with Crippen molar-refractivity contribution in [2.75, 3.05) is 24.7 Å². The lowest BCUT2D eigenvalue weighted by Gasteiger charge is -2.11. The lowest BCUT2D eigenvalue weighted by atomic mass is 10.3. The van der Waals surface area contributed by atoms with E-state index < -0.39 is 16.0 Å². The van der Waals surface area contributed by atoms with E-state index >= 15 is 0 Å². The molecule has 0 bridgehead atoms. The van der Waals surface area contributed by atoms with E-state index in [2.05, 4.69) is 9.46 Å². The molecule has 0 unspecified atom stereocenters. The van der Waals surface area contributed by atoms with Crippen molar-refractivity contribution in [3.8, 4) is 5.75 Å². The fraction of sp³-hybridized carbons (Fsp3) is 0.188. The molecule has 0 heterocycles. The molecule has 0 spiro atoms. The average molecular weight is 402 g/mol. The number of anilines is 1. The first kappa shape index (κ1) is 19.4. The number of ether oxygens (including phenoxy) is 2. The Labute approximate surface area is 155 Å². The molecule has 0 radical (unpaired) electrons. The van der Waals surface area contributed by atoms with Gasteiger partial charge in [0.2, 0.25) is 0 Å². The SMILES string of the molecule is COC(=O)COc1ccc(S(=O)(=O)Nc2cccc(SC)c2)cc1Cl. The van der Waals surface area contributed by atoms with Crippen LogP contribution in [-0.4, -0.2) is 34.4 Å². The van der Waals surface area contributed by atoms with Crippen molar-refractivity contribution in [2.45, 2.75) is 9.79 Å². The Kier molecular flexibility index (Phi) is 6.57. The third-order valence-electron chi connectivity index (χ3n) is 3.11. The Morgan fingerprint density at radius 2 is 2.00 bits per heavy atom. The van der Waals surface area contributed by atoms with Crippen LogP contribution in [0.5, 0.6) is 5.75 Å². The van der Waals surface area contributed by atoms with Gasteiger partial charge in [-0.05, 0) is 42.7 Å². The van der Waals surface area contributed by atoms with E-state index in [1.165, 1.54) is 37.1 Å². The molecular weight excluding hydrogens is 386 g/mol. The number of halogens is 1. The third-order valence-corrected chi connectivity index (χ3v) is 5.51. The van der Waals surface area contributed by atoms with Crippen molar-refractivity contribution in [3.05, 3.63) is 47.5 Å². The van der Waals surface area contributed by atoms with Gasteiger partial charge in [-0.3, -0.25) is 4.72 Å². The van der Waals surface area contributed by atoms with E-state index in [1.807, 2.05) is 12.3 Å². The summed E-state index contributed by atoms with van der Waals surface area (Å²) in [6.45, 7) is -0.317. The highest BCUT2D eigenvalue weighted by molar-refractivity contribution is 7.98. The molecule has 0 aliphatic rings. The first-order valence-electron chi connectivity index (χ1n) is 7.02. The number of rotatable bonds is 7. The van der Waals surface area contributed by atoms with Crippen LogP contribution in [-0.2, 0) is 19.6 Å². The Bertz CT molecular complexity index is 871. The van der Waals surface area contributed by atoms with Crippen LogP contribution in [0.4, 0.5) is 5.69 Å². The van der Waals surface area contributed by atoms with E-state index in [0.29, 0.717) is 5.69 Å². The van der Waals surface area contributed by atoms with Gasteiger partial charge in [0, 0.05) is 10.6 Å². The predicted molar refractivity (Wildman–Crippen MR) is 98.0 cm³/mol. The third kappa shape index (κ3) is 5.29. The minimum atomic E-state index is -3.80. The van der Waals surface area contributed by atoms with E-state index in [0.717, 1.165) is 4.90 Å². The monoisotopic (exact) mass is 401 g/mol. The maximum Gasteiger partial charge on any atom is 0.343 e. The van der Waals surface area contributed by atoms with Crippen LogP contribution in [0.2, 0.25) is 5.02 Å². The zero-order valence-electron chi connectivity index (χ0n) is 13.5. The number of benzene rings is 2. The normalized spacial score (nSPS) is 11.0. The molecule has 0 amide bonds. The molecule has 6 nitrogen and oxygen atoms in total. The summed E-state index contributed by atoms with van der Waals surface area (Å²) in [5.74, 6) is -0.376. The second-order valence-corrected chi connectivity index (χ2v) is 7.76. The maximum absolute atomic E-state index is 12.5. The topological polar surface area (TPSA) is 81.7 Å². The molecule has 2 aromatic carbocycles. The number of hydrogen-bond acceptors (Lipinski definition) is 6. The number of carbonyl (C=O) groups is 1. The number of thioether (sulfide) groups is 1. The van der Waals surface area contributed by atoms with Crippen LogP contribution in [0.15, 0.2) is 52.3 Å². The smallest absolute Gasteiger partial charge is 0.343 e. The summed E-state index contributed by atoms with van der Waals surface area (Å²) in [5, 5.41) is 0.0737. The molecule has 0 fully saturated rings. The summed E-state index contributed by atoms with van der Waals surface area (Å²) in [6, 6.07) is 11.0. The molecule has 0 aromatic heterocycles. The molecule has 0 saturated heterocycles. The van der Waals surface area contributed by atoms with Gasteiger partial charge in [0.15, 0.2) is 6.61 Å². The van der Waals surface area contributed by atoms with Gasteiger partial charge < -0.3 is 9.47 Å². The first-order chi connectivity index (χ1) is 11.9. The second-order valence-electron chi connectivity index (χ2n) is 4.79. The Balaban J connectivity index is 2.18. The van der Waals surface area contributed by atoms with Crippen LogP contribution >= 0.6 is 23.4 Å². The molecule has 2 aromatic rings. The fourth-order valence-electron chi connectivity index (χ4n) is 1.86. The van der Waals surface area contributed by atoms with Gasteiger partial charge in [0.1, 0.15) is 5.75 Å². The lowest BCUT2D eigenvalue weighted by molar-refractivity contribution is -0.142. The largest absolute Gasteiger partial charge is 0.480 e. The van der Waals surface area contributed by atoms with Crippen molar-refractivity contribution in [3.63, 3.8) is 0 Å². The number of esters is 1. The zero-order chi connectivity index (χ0) is 18.4. The van der Waals surface area contributed by atoms with Crippen molar-refractivity contribution in [1.29, 1.82) is 0 Å². The number of carbonyl (C=O) groups excluding carboxylic acids is 1. The summed E-state index contributed by atoms with van der Waals surface area (Å²) < 4.78 is 37.1. The van der Waals surface area contributed by atoms with Crippen molar-refractivity contribution < 1.29 is 22.7 Å². The minimum Gasteiger partial charge on any atom is -0.480 e. The summed E-state index contributed by atoms with van der Waals surface area (Å²) in [4.78, 5) is 12.0. The van der Waals surface area contributed by atoms with Crippen LogP contribution in [0.1, 0.15) is 0 Å². The summed E-state index contributed by atoms with van der Waals surface area (Å²) in [6.07, 6.45) is 1.90. The van der Waals surface area contributed by atoms with E-state index in [-0.39, 0.29) is 22.3 Å². The first-order valence-corrected chi connectivity index (χ1v) is 10.1. The molecule has 2 rings (SSSR count). The molecule has 134 valence electrons. The molecule has 0 aliphatic heterocycles. The van der Waals surface area contributed by atoms with E-state index in [4.69, 9.17) is 16.3 Å². The quantitative estimate of drug-likeness (QED) is 0.565. The van der Waals surface area contributed by atoms with Crippen LogP contribution in [0.25, 0.3) is 0 Å². The van der Waals surface area contributed by atoms with Gasteiger partial charge in [-0.25, -0.2) is 13.2 Å². The molecule has 25 heavy (non-hydrogen) atoms. The highest BCUT2D eigenvalue weighted by Crippen LogP contribution is 2.29. The number of nitrogens with one attached hydrogen (secondary N) is 1. The highest BCUT2D eigenvalue weighted by atomic mass is 35.5. The van der Waals surface area contributed by atoms with Crippen molar-refractivity contribution in [2.24, 2.45) is 0 Å².